The maximum atomic E-state index is 12.7. The first-order valence-corrected chi connectivity index (χ1v) is 8.02. The summed E-state index contributed by atoms with van der Waals surface area (Å²) in [7, 11) is 0. The third-order valence-corrected chi connectivity index (χ3v) is 4.67. The highest BCUT2D eigenvalue weighted by Crippen LogP contribution is 2.36. The Morgan fingerprint density at radius 1 is 1.04 bits per heavy atom. The Hall–Kier alpha value is -2.62. The Bertz CT molecular complexity index is 770. The molecule has 2 aliphatic heterocycles. The summed E-state index contributed by atoms with van der Waals surface area (Å²) in [5.41, 5.74) is 4.57. The van der Waals surface area contributed by atoms with E-state index in [0.29, 0.717) is 19.4 Å². The van der Waals surface area contributed by atoms with E-state index in [0.717, 1.165) is 12.1 Å². The number of fused-ring (bicyclic) bond motifs is 1. The molecule has 1 N–H and O–H groups in total. The van der Waals surface area contributed by atoms with Crippen molar-refractivity contribution >= 4 is 17.5 Å². The van der Waals surface area contributed by atoms with Gasteiger partial charge in [-0.15, -0.1) is 0 Å². The van der Waals surface area contributed by atoms with Crippen LogP contribution in [0.15, 0.2) is 48.5 Å². The quantitative estimate of drug-likeness (QED) is 0.927. The van der Waals surface area contributed by atoms with E-state index < -0.39 is 0 Å². The van der Waals surface area contributed by atoms with Gasteiger partial charge in [0.2, 0.25) is 11.8 Å². The highest BCUT2D eigenvalue weighted by atomic mass is 16.2. The summed E-state index contributed by atoms with van der Waals surface area (Å²) in [6.07, 6.45) is 1.90. The minimum atomic E-state index is -0.367. The monoisotopic (exact) mass is 306 g/mol. The van der Waals surface area contributed by atoms with Gasteiger partial charge in [0, 0.05) is 18.7 Å². The molecule has 0 spiro atoms. The van der Waals surface area contributed by atoms with Gasteiger partial charge < -0.3 is 10.2 Å². The minimum absolute atomic E-state index is 0.0137. The zero-order valence-corrected chi connectivity index (χ0v) is 12.8. The van der Waals surface area contributed by atoms with Crippen molar-refractivity contribution < 1.29 is 9.59 Å². The van der Waals surface area contributed by atoms with Gasteiger partial charge in [-0.05, 0) is 35.6 Å². The number of hydrogen-bond donors (Lipinski definition) is 1. The summed E-state index contributed by atoms with van der Waals surface area (Å²) in [5, 5.41) is 2.78. The van der Waals surface area contributed by atoms with Gasteiger partial charge in [-0.1, -0.05) is 42.5 Å². The van der Waals surface area contributed by atoms with E-state index in [9.17, 15) is 9.59 Å². The van der Waals surface area contributed by atoms with Gasteiger partial charge in [0.05, 0.1) is 0 Å². The van der Waals surface area contributed by atoms with Crippen LogP contribution in [0.4, 0.5) is 5.69 Å². The van der Waals surface area contributed by atoms with Gasteiger partial charge in [-0.25, -0.2) is 0 Å². The van der Waals surface area contributed by atoms with E-state index in [-0.39, 0.29) is 17.9 Å². The highest BCUT2D eigenvalue weighted by molar-refractivity contribution is 6.03. The van der Waals surface area contributed by atoms with Gasteiger partial charge >= 0.3 is 0 Å². The molecule has 1 fully saturated rings. The Balaban J connectivity index is 1.67. The van der Waals surface area contributed by atoms with Crippen molar-refractivity contribution in [3.63, 3.8) is 0 Å². The molecule has 0 bridgehead atoms. The molecule has 4 rings (SSSR count). The zero-order valence-electron chi connectivity index (χ0n) is 12.8. The smallest absolute Gasteiger partial charge is 0.249 e. The molecule has 2 aromatic rings. The van der Waals surface area contributed by atoms with E-state index in [1.54, 1.807) is 0 Å². The molecule has 2 aromatic carbocycles. The average Bonchev–Trinajstić information content (AvgIpc) is 3.21. The molecule has 1 saturated heterocycles. The number of anilines is 1. The molecular weight excluding hydrogens is 288 g/mol. The first-order chi connectivity index (χ1) is 11.2. The molecule has 2 aliphatic rings. The topological polar surface area (TPSA) is 49.4 Å². The van der Waals surface area contributed by atoms with Crippen LogP contribution in [-0.4, -0.2) is 24.4 Å². The lowest BCUT2D eigenvalue weighted by atomic mass is 9.98. The Kier molecular flexibility index (Phi) is 3.37. The Labute approximate surface area is 135 Å². The summed E-state index contributed by atoms with van der Waals surface area (Å²) in [6.45, 7) is 0.685. The van der Waals surface area contributed by atoms with Crippen LogP contribution in [0.1, 0.15) is 18.4 Å². The van der Waals surface area contributed by atoms with Crippen LogP contribution in [0.5, 0.6) is 0 Å². The molecule has 0 aromatic heterocycles. The van der Waals surface area contributed by atoms with Gasteiger partial charge in [-0.3, -0.25) is 9.59 Å². The number of nitrogens with zero attached hydrogens (tertiary/aromatic N) is 1. The third-order valence-electron chi connectivity index (χ3n) is 4.67. The van der Waals surface area contributed by atoms with Crippen LogP contribution in [-0.2, 0) is 16.0 Å². The molecule has 1 atom stereocenters. The largest absolute Gasteiger partial charge is 0.344 e. The summed E-state index contributed by atoms with van der Waals surface area (Å²) in [6, 6.07) is 16.0. The lowest BCUT2D eigenvalue weighted by Gasteiger charge is -2.21. The molecule has 4 heteroatoms. The predicted molar refractivity (Wildman–Crippen MR) is 89.1 cm³/mol. The molecule has 0 radical (unpaired) electrons. The number of rotatable bonds is 2. The lowest BCUT2D eigenvalue weighted by molar-refractivity contribution is -0.124. The second kappa shape index (κ2) is 5.54. The van der Waals surface area contributed by atoms with Crippen LogP contribution >= 0.6 is 0 Å². The second-order valence-corrected chi connectivity index (χ2v) is 6.07. The number of benzene rings is 2. The van der Waals surface area contributed by atoms with Crippen LogP contribution in [0.3, 0.4) is 0 Å². The number of hydrogen-bond acceptors (Lipinski definition) is 2. The van der Waals surface area contributed by atoms with Crippen LogP contribution < -0.4 is 10.2 Å². The standard InChI is InChI=1S/C19H18N2O2/c22-18-10-9-16(20-18)19(23)21-12-11-15-14(7-4-8-17(15)21)13-5-2-1-3-6-13/h1-8,16H,9-12H2,(H,20,22). The number of nitrogens with one attached hydrogen (secondary N) is 1. The van der Waals surface area contributed by atoms with Crippen molar-refractivity contribution in [2.24, 2.45) is 0 Å². The Morgan fingerprint density at radius 3 is 2.61 bits per heavy atom. The molecule has 0 aliphatic carbocycles. The predicted octanol–water partition coefficient (Wildman–Crippen LogP) is 2.52. The van der Waals surface area contributed by atoms with Crippen molar-refractivity contribution in [1.82, 2.24) is 5.32 Å². The van der Waals surface area contributed by atoms with Gasteiger partial charge in [0.15, 0.2) is 0 Å². The number of amides is 2. The summed E-state index contributed by atoms with van der Waals surface area (Å²) < 4.78 is 0. The normalized spacial score (nSPS) is 19.6. The molecule has 0 saturated carbocycles. The third kappa shape index (κ3) is 2.40. The fourth-order valence-electron chi connectivity index (χ4n) is 3.54. The van der Waals surface area contributed by atoms with Crippen molar-refractivity contribution in [1.29, 1.82) is 0 Å². The molecule has 4 nitrogen and oxygen atoms in total. The first kappa shape index (κ1) is 14.0. The highest BCUT2D eigenvalue weighted by Gasteiger charge is 2.34. The van der Waals surface area contributed by atoms with E-state index >= 15 is 0 Å². The number of carbonyl (C=O) groups excluding carboxylic acids is 2. The maximum absolute atomic E-state index is 12.7. The number of carbonyl (C=O) groups is 2. The van der Waals surface area contributed by atoms with Crippen LogP contribution in [0.2, 0.25) is 0 Å². The first-order valence-electron chi connectivity index (χ1n) is 8.02. The van der Waals surface area contributed by atoms with E-state index in [2.05, 4.69) is 23.5 Å². The van der Waals surface area contributed by atoms with Gasteiger partial charge in [0.1, 0.15) is 6.04 Å². The lowest BCUT2D eigenvalue weighted by Crippen LogP contribution is -2.43. The fraction of sp³-hybridized carbons (Fsp3) is 0.263. The summed E-state index contributed by atoms with van der Waals surface area (Å²) in [4.78, 5) is 25.9. The fourth-order valence-corrected chi connectivity index (χ4v) is 3.54. The second-order valence-electron chi connectivity index (χ2n) is 6.07. The van der Waals surface area contributed by atoms with E-state index in [4.69, 9.17) is 0 Å². The molecule has 2 heterocycles. The van der Waals surface area contributed by atoms with Crippen molar-refractivity contribution in [2.45, 2.75) is 25.3 Å². The molecule has 116 valence electrons. The molecule has 2 amide bonds. The minimum Gasteiger partial charge on any atom is -0.344 e. The Morgan fingerprint density at radius 2 is 1.87 bits per heavy atom. The SMILES string of the molecule is O=C1CCC(C(=O)N2CCc3c(-c4ccccc4)cccc32)N1. The summed E-state index contributed by atoms with van der Waals surface area (Å²) in [5.74, 6) is -0.0133. The van der Waals surface area contributed by atoms with E-state index in [1.165, 1.54) is 16.7 Å². The average molecular weight is 306 g/mol. The van der Waals surface area contributed by atoms with Crippen molar-refractivity contribution in [2.75, 3.05) is 11.4 Å². The van der Waals surface area contributed by atoms with Crippen LogP contribution in [0.25, 0.3) is 11.1 Å². The van der Waals surface area contributed by atoms with Gasteiger partial charge in [0.25, 0.3) is 0 Å². The van der Waals surface area contributed by atoms with Gasteiger partial charge in [-0.2, -0.15) is 0 Å². The maximum Gasteiger partial charge on any atom is 0.249 e. The zero-order chi connectivity index (χ0) is 15.8. The molecule has 1 unspecified atom stereocenters. The van der Waals surface area contributed by atoms with Crippen LogP contribution in [0, 0.1) is 0 Å². The molecule has 23 heavy (non-hydrogen) atoms. The van der Waals surface area contributed by atoms with Crippen molar-refractivity contribution in [3.05, 3.63) is 54.1 Å². The van der Waals surface area contributed by atoms with Crippen molar-refractivity contribution in [3.8, 4) is 11.1 Å². The summed E-state index contributed by atoms with van der Waals surface area (Å²) >= 11 is 0. The van der Waals surface area contributed by atoms with E-state index in [1.807, 2.05) is 35.2 Å². The molecular formula is C19H18N2O2.